The Morgan fingerprint density at radius 2 is 1.88 bits per heavy atom. The molecule has 0 radical (unpaired) electrons. The first-order valence-electron chi connectivity index (χ1n) is 9.54. The Hall–Kier alpha value is -2.62. The second-order valence-corrected chi connectivity index (χ2v) is 7.22. The molecule has 0 saturated heterocycles. The maximum absolute atomic E-state index is 12.4. The van der Waals surface area contributed by atoms with Crippen molar-refractivity contribution in [3.05, 3.63) is 58.5 Å². The number of fused-ring (bicyclic) bond motifs is 3. The van der Waals surface area contributed by atoms with E-state index in [9.17, 15) is 9.59 Å². The second kappa shape index (κ2) is 7.32. The number of carbonyl (C=O) groups is 1. The number of amides is 1. The van der Waals surface area contributed by atoms with Gasteiger partial charge < -0.3 is 10.3 Å². The standard InChI is InChI=1S/C22H24N2O2/c25-21(17-5-2-1-3-6-17)23-13-11-16-8-4-7-15-9-10-19-18(20(15)16)12-14-24-22(19)26/h4,7-10,12,14,17H,1-3,5-6,11,13H2,(H,23,25)(H,24,26). The highest BCUT2D eigenvalue weighted by Gasteiger charge is 2.20. The average Bonchev–Trinajstić information content (AvgIpc) is 2.68. The summed E-state index contributed by atoms with van der Waals surface area (Å²) in [5.41, 5.74) is 1.10. The van der Waals surface area contributed by atoms with E-state index in [0.717, 1.165) is 35.4 Å². The van der Waals surface area contributed by atoms with Crippen molar-refractivity contribution in [2.24, 2.45) is 5.92 Å². The van der Waals surface area contributed by atoms with Crippen molar-refractivity contribution >= 4 is 27.5 Å². The highest BCUT2D eigenvalue weighted by Crippen LogP contribution is 2.27. The molecule has 2 aromatic carbocycles. The van der Waals surface area contributed by atoms with Gasteiger partial charge in [0.25, 0.3) is 5.56 Å². The van der Waals surface area contributed by atoms with Crippen LogP contribution in [0.1, 0.15) is 37.7 Å². The molecule has 1 aliphatic carbocycles. The van der Waals surface area contributed by atoms with Gasteiger partial charge >= 0.3 is 0 Å². The Kier molecular flexibility index (Phi) is 4.74. The van der Waals surface area contributed by atoms with Crippen LogP contribution in [-0.2, 0) is 11.2 Å². The lowest BCUT2D eigenvalue weighted by Crippen LogP contribution is -2.33. The van der Waals surface area contributed by atoms with Crippen LogP contribution in [0, 0.1) is 5.92 Å². The van der Waals surface area contributed by atoms with Crippen LogP contribution in [0.5, 0.6) is 0 Å². The van der Waals surface area contributed by atoms with Crippen LogP contribution in [0.4, 0.5) is 0 Å². The van der Waals surface area contributed by atoms with E-state index in [1.165, 1.54) is 24.8 Å². The van der Waals surface area contributed by atoms with Crippen molar-refractivity contribution < 1.29 is 4.79 Å². The molecule has 0 unspecified atom stereocenters. The molecule has 134 valence electrons. The van der Waals surface area contributed by atoms with Crippen molar-refractivity contribution in [3.63, 3.8) is 0 Å². The lowest BCUT2D eigenvalue weighted by atomic mass is 9.88. The topological polar surface area (TPSA) is 62.0 Å². The molecule has 0 spiro atoms. The van der Waals surface area contributed by atoms with Gasteiger partial charge in [0.2, 0.25) is 5.91 Å². The Morgan fingerprint density at radius 1 is 1.04 bits per heavy atom. The predicted octanol–water partition coefficient (Wildman–Crippen LogP) is 3.92. The predicted molar refractivity (Wildman–Crippen MR) is 105 cm³/mol. The van der Waals surface area contributed by atoms with E-state index in [1.54, 1.807) is 6.20 Å². The van der Waals surface area contributed by atoms with Crippen molar-refractivity contribution in [2.45, 2.75) is 38.5 Å². The zero-order valence-electron chi connectivity index (χ0n) is 14.9. The maximum Gasteiger partial charge on any atom is 0.255 e. The fourth-order valence-electron chi connectivity index (χ4n) is 4.17. The molecule has 0 bridgehead atoms. The van der Waals surface area contributed by atoms with Crippen LogP contribution >= 0.6 is 0 Å². The Bertz CT molecular complexity index is 1000. The number of rotatable bonds is 4. The summed E-state index contributed by atoms with van der Waals surface area (Å²) < 4.78 is 0. The van der Waals surface area contributed by atoms with Crippen LogP contribution in [-0.4, -0.2) is 17.4 Å². The Morgan fingerprint density at radius 3 is 2.73 bits per heavy atom. The lowest BCUT2D eigenvalue weighted by molar-refractivity contribution is -0.125. The van der Waals surface area contributed by atoms with Gasteiger partial charge in [-0.25, -0.2) is 0 Å². The molecule has 0 atom stereocenters. The highest BCUT2D eigenvalue weighted by molar-refractivity contribution is 6.08. The number of H-pyrrole nitrogens is 1. The van der Waals surface area contributed by atoms with Crippen LogP contribution in [0.3, 0.4) is 0 Å². The van der Waals surface area contributed by atoms with E-state index in [-0.39, 0.29) is 17.4 Å². The van der Waals surface area contributed by atoms with E-state index < -0.39 is 0 Å². The van der Waals surface area contributed by atoms with Gasteiger partial charge in [0.05, 0.1) is 0 Å². The molecule has 1 aliphatic rings. The molecule has 1 heterocycles. The van der Waals surface area contributed by atoms with Gasteiger partial charge in [-0.2, -0.15) is 0 Å². The normalized spacial score (nSPS) is 15.4. The summed E-state index contributed by atoms with van der Waals surface area (Å²) in [6, 6.07) is 12.0. The summed E-state index contributed by atoms with van der Waals surface area (Å²) in [4.78, 5) is 27.2. The molecule has 0 aliphatic heterocycles. The van der Waals surface area contributed by atoms with Crippen LogP contribution < -0.4 is 10.9 Å². The molecule has 1 fully saturated rings. The zero-order chi connectivity index (χ0) is 17.9. The maximum atomic E-state index is 12.4. The van der Waals surface area contributed by atoms with Crippen LogP contribution in [0.25, 0.3) is 21.5 Å². The van der Waals surface area contributed by atoms with Crippen molar-refractivity contribution in [2.75, 3.05) is 6.54 Å². The molecule has 1 amide bonds. The average molecular weight is 348 g/mol. The number of aromatic nitrogens is 1. The first-order chi connectivity index (χ1) is 12.7. The summed E-state index contributed by atoms with van der Waals surface area (Å²) >= 11 is 0. The number of hydrogen-bond donors (Lipinski definition) is 2. The fourth-order valence-corrected chi connectivity index (χ4v) is 4.17. The summed E-state index contributed by atoms with van der Waals surface area (Å²) in [5.74, 6) is 0.391. The monoisotopic (exact) mass is 348 g/mol. The summed E-state index contributed by atoms with van der Waals surface area (Å²) in [7, 11) is 0. The number of hydrogen-bond acceptors (Lipinski definition) is 2. The number of aromatic amines is 1. The third-order valence-electron chi connectivity index (χ3n) is 5.55. The third kappa shape index (κ3) is 3.24. The van der Waals surface area contributed by atoms with Crippen LogP contribution in [0.2, 0.25) is 0 Å². The smallest absolute Gasteiger partial charge is 0.255 e. The summed E-state index contributed by atoms with van der Waals surface area (Å²) in [6.07, 6.45) is 8.10. The summed E-state index contributed by atoms with van der Waals surface area (Å²) in [6.45, 7) is 0.633. The van der Waals surface area contributed by atoms with E-state index in [1.807, 2.05) is 24.3 Å². The SMILES string of the molecule is O=C(NCCc1cccc2ccc3c(=O)[nH]ccc3c12)C1CCCCC1. The molecular formula is C22H24N2O2. The van der Waals surface area contributed by atoms with Gasteiger partial charge in [-0.3, -0.25) is 9.59 Å². The zero-order valence-corrected chi connectivity index (χ0v) is 14.9. The number of pyridine rings is 1. The molecule has 1 saturated carbocycles. The minimum atomic E-state index is -0.0650. The molecular weight excluding hydrogens is 324 g/mol. The van der Waals surface area contributed by atoms with Crippen molar-refractivity contribution in [1.82, 2.24) is 10.3 Å². The van der Waals surface area contributed by atoms with Gasteiger partial charge in [0.1, 0.15) is 0 Å². The molecule has 4 rings (SSSR count). The number of benzene rings is 2. The first kappa shape index (κ1) is 16.8. The van der Waals surface area contributed by atoms with Gasteiger partial charge in [-0.1, -0.05) is 43.5 Å². The van der Waals surface area contributed by atoms with Crippen molar-refractivity contribution in [1.29, 1.82) is 0 Å². The van der Waals surface area contributed by atoms with E-state index in [4.69, 9.17) is 0 Å². The molecule has 4 nitrogen and oxygen atoms in total. The van der Waals surface area contributed by atoms with Crippen LogP contribution in [0.15, 0.2) is 47.4 Å². The third-order valence-corrected chi connectivity index (χ3v) is 5.55. The van der Waals surface area contributed by atoms with Gasteiger partial charge in [-0.05, 0) is 53.1 Å². The largest absolute Gasteiger partial charge is 0.356 e. The number of nitrogens with one attached hydrogen (secondary N) is 2. The van der Waals surface area contributed by atoms with Gasteiger partial charge in [0.15, 0.2) is 0 Å². The number of carbonyl (C=O) groups excluding carboxylic acids is 1. The Labute approximate surface area is 152 Å². The second-order valence-electron chi connectivity index (χ2n) is 7.22. The fraction of sp³-hybridized carbons (Fsp3) is 0.364. The highest BCUT2D eigenvalue weighted by atomic mass is 16.1. The minimum absolute atomic E-state index is 0.0650. The van der Waals surface area contributed by atoms with E-state index >= 15 is 0 Å². The van der Waals surface area contributed by atoms with Gasteiger partial charge in [-0.15, -0.1) is 0 Å². The van der Waals surface area contributed by atoms with Crippen molar-refractivity contribution in [3.8, 4) is 0 Å². The lowest BCUT2D eigenvalue weighted by Gasteiger charge is -2.20. The van der Waals surface area contributed by atoms with Gasteiger partial charge in [0, 0.05) is 24.0 Å². The molecule has 4 heteroatoms. The molecule has 1 aromatic heterocycles. The Balaban J connectivity index is 1.57. The molecule has 3 aromatic rings. The molecule has 26 heavy (non-hydrogen) atoms. The summed E-state index contributed by atoms with van der Waals surface area (Å²) in [5, 5.41) is 7.04. The van der Waals surface area contributed by atoms with E-state index in [0.29, 0.717) is 11.9 Å². The van der Waals surface area contributed by atoms with E-state index in [2.05, 4.69) is 22.4 Å². The first-order valence-corrected chi connectivity index (χ1v) is 9.54. The molecule has 2 N–H and O–H groups in total. The minimum Gasteiger partial charge on any atom is -0.356 e. The quantitative estimate of drug-likeness (QED) is 0.702.